The maximum absolute atomic E-state index is 12.8. The van der Waals surface area contributed by atoms with Gasteiger partial charge in [-0.1, -0.05) is 13.0 Å². The van der Waals surface area contributed by atoms with Gasteiger partial charge in [0, 0.05) is 11.9 Å². The zero-order valence-electron chi connectivity index (χ0n) is 12.5. The molecule has 1 aliphatic heterocycles. The molecule has 0 aliphatic carbocycles. The van der Waals surface area contributed by atoms with Crippen molar-refractivity contribution < 1.29 is 14.3 Å². The number of rotatable bonds is 2. The van der Waals surface area contributed by atoms with E-state index >= 15 is 0 Å². The Kier molecular flexibility index (Phi) is 3.72. The minimum Gasteiger partial charge on any atom is -0.463 e. The van der Waals surface area contributed by atoms with Crippen molar-refractivity contribution in [1.82, 2.24) is 4.90 Å². The molecular formula is C17H21NO3. The number of carbonyl (C=O) groups is 1. The molecule has 4 heteroatoms. The number of fused-ring (bicyclic) bond motifs is 1. The van der Waals surface area contributed by atoms with Gasteiger partial charge < -0.3 is 14.4 Å². The molecule has 0 saturated carbocycles. The Hall–Kier alpha value is -1.81. The van der Waals surface area contributed by atoms with E-state index in [4.69, 9.17) is 4.42 Å². The first-order chi connectivity index (χ1) is 10.1. The summed E-state index contributed by atoms with van der Waals surface area (Å²) < 4.78 is 5.51. The van der Waals surface area contributed by atoms with Crippen molar-refractivity contribution in [2.45, 2.75) is 45.3 Å². The number of aliphatic hydroxyl groups is 1. The third kappa shape index (κ3) is 2.44. The van der Waals surface area contributed by atoms with E-state index in [1.807, 2.05) is 25.1 Å². The standard InChI is InChI=1S/C17H21NO3/c1-3-12-6-7-16-13(9-12)14(10-21-16)17(20)18-8-4-5-15(19)11(18)2/h6-7,9-11,15,19H,3-5,8H2,1-2H3/t11-,15+/m0/s1. The van der Waals surface area contributed by atoms with Crippen molar-refractivity contribution in [3.63, 3.8) is 0 Å². The smallest absolute Gasteiger partial charge is 0.258 e. The highest BCUT2D eigenvalue weighted by Crippen LogP contribution is 2.27. The molecule has 1 N–H and O–H groups in total. The zero-order chi connectivity index (χ0) is 15.0. The van der Waals surface area contributed by atoms with Crippen LogP contribution in [-0.2, 0) is 6.42 Å². The Morgan fingerprint density at radius 3 is 3.05 bits per heavy atom. The van der Waals surface area contributed by atoms with Crippen LogP contribution in [-0.4, -0.2) is 34.6 Å². The molecule has 21 heavy (non-hydrogen) atoms. The number of carbonyl (C=O) groups excluding carboxylic acids is 1. The zero-order valence-corrected chi connectivity index (χ0v) is 12.5. The molecule has 0 bridgehead atoms. The van der Waals surface area contributed by atoms with E-state index in [1.54, 1.807) is 11.2 Å². The molecule has 0 unspecified atom stereocenters. The summed E-state index contributed by atoms with van der Waals surface area (Å²) in [4.78, 5) is 14.5. The Morgan fingerprint density at radius 2 is 2.29 bits per heavy atom. The molecule has 0 radical (unpaired) electrons. The van der Waals surface area contributed by atoms with Gasteiger partial charge in [-0.3, -0.25) is 4.79 Å². The van der Waals surface area contributed by atoms with Crippen molar-refractivity contribution in [1.29, 1.82) is 0 Å². The maximum Gasteiger partial charge on any atom is 0.258 e. The lowest BCUT2D eigenvalue weighted by atomic mass is 9.99. The van der Waals surface area contributed by atoms with Crippen molar-refractivity contribution in [2.75, 3.05) is 6.54 Å². The van der Waals surface area contributed by atoms with Crippen molar-refractivity contribution in [3.8, 4) is 0 Å². The van der Waals surface area contributed by atoms with Crippen LogP contribution in [0.1, 0.15) is 42.6 Å². The van der Waals surface area contributed by atoms with E-state index in [0.717, 1.165) is 30.2 Å². The minimum absolute atomic E-state index is 0.0479. The predicted molar refractivity (Wildman–Crippen MR) is 81.3 cm³/mol. The van der Waals surface area contributed by atoms with E-state index in [-0.39, 0.29) is 11.9 Å². The van der Waals surface area contributed by atoms with E-state index in [2.05, 4.69) is 6.92 Å². The fourth-order valence-corrected chi connectivity index (χ4v) is 3.03. The molecule has 1 aromatic heterocycles. The van der Waals surface area contributed by atoms with Crippen LogP contribution in [0.4, 0.5) is 0 Å². The van der Waals surface area contributed by atoms with Gasteiger partial charge in [-0.25, -0.2) is 0 Å². The van der Waals surface area contributed by atoms with Gasteiger partial charge in [0.05, 0.1) is 17.7 Å². The normalized spacial score (nSPS) is 22.7. The Balaban J connectivity index is 1.97. The summed E-state index contributed by atoms with van der Waals surface area (Å²) in [6, 6.07) is 5.81. The second kappa shape index (κ2) is 5.53. The van der Waals surface area contributed by atoms with Crippen LogP contribution < -0.4 is 0 Å². The van der Waals surface area contributed by atoms with Crippen LogP contribution in [0.2, 0.25) is 0 Å². The summed E-state index contributed by atoms with van der Waals surface area (Å²) in [5, 5.41) is 10.8. The third-order valence-corrected chi connectivity index (χ3v) is 4.48. The highest BCUT2D eigenvalue weighted by atomic mass is 16.3. The molecule has 1 amide bonds. The highest BCUT2D eigenvalue weighted by Gasteiger charge is 2.31. The molecule has 1 aromatic carbocycles. The summed E-state index contributed by atoms with van der Waals surface area (Å²) in [6.07, 6.45) is 3.63. The van der Waals surface area contributed by atoms with Crippen molar-refractivity contribution in [2.24, 2.45) is 0 Å². The predicted octanol–water partition coefficient (Wildman–Crippen LogP) is 2.98. The number of aliphatic hydroxyl groups excluding tert-OH is 1. The van der Waals surface area contributed by atoms with E-state index < -0.39 is 6.10 Å². The van der Waals surface area contributed by atoms with Gasteiger partial charge in [-0.15, -0.1) is 0 Å². The van der Waals surface area contributed by atoms with Crippen LogP contribution in [0.15, 0.2) is 28.9 Å². The Morgan fingerprint density at radius 1 is 1.48 bits per heavy atom. The second-order valence-electron chi connectivity index (χ2n) is 5.78. The van der Waals surface area contributed by atoms with Crippen LogP contribution >= 0.6 is 0 Å². The summed E-state index contributed by atoms with van der Waals surface area (Å²) in [5.41, 5.74) is 2.52. The van der Waals surface area contributed by atoms with Crippen molar-refractivity contribution in [3.05, 3.63) is 35.6 Å². The lowest BCUT2D eigenvalue weighted by molar-refractivity contribution is 0.0181. The SMILES string of the molecule is CCc1ccc2occ(C(=O)N3CCC[C@@H](O)[C@@H]3C)c2c1. The van der Waals surface area contributed by atoms with Crippen LogP contribution in [0, 0.1) is 0 Å². The van der Waals surface area contributed by atoms with Gasteiger partial charge in [0.1, 0.15) is 11.8 Å². The third-order valence-electron chi connectivity index (χ3n) is 4.48. The van der Waals surface area contributed by atoms with Gasteiger partial charge in [0.15, 0.2) is 0 Å². The fourth-order valence-electron chi connectivity index (χ4n) is 3.03. The topological polar surface area (TPSA) is 53.7 Å². The first-order valence-corrected chi connectivity index (χ1v) is 7.61. The monoisotopic (exact) mass is 287 g/mol. The number of benzene rings is 1. The lowest BCUT2D eigenvalue weighted by Gasteiger charge is -2.36. The number of nitrogens with zero attached hydrogens (tertiary/aromatic N) is 1. The molecule has 112 valence electrons. The number of hydrogen-bond acceptors (Lipinski definition) is 3. The number of piperidine rings is 1. The Labute approximate surface area is 124 Å². The fraction of sp³-hybridized carbons (Fsp3) is 0.471. The number of aryl methyl sites for hydroxylation is 1. The average molecular weight is 287 g/mol. The summed E-state index contributed by atoms with van der Waals surface area (Å²) in [6.45, 7) is 4.69. The molecule has 1 fully saturated rings. The first-order valence-electron chi connectivity index (χ1n) is 7.61. The summed E-state index contributed by atoms with van der Waals surface area (Å²) >= 11 is 0. The molecule has 3 rings (SSSR count). The number of hydrogen-bond donors (Lipinski definition) is 1. The Bertz CT molecular complexity index is 661. The summed E-state index contributed by atoms with van der Waals surface area (Å²) in [5.74, 6) is -0.0479. The van der Waals surface area contributed by atoms with E-state index in [1.165, 1.54) is 5.56 Å². The molecule has 1 aliphatic rings. The van der Waals surface area contributed by atoms with Gasteiger partial charge in [0.2, 0.25) is 0 Å². The largest absolute Gasteiger partial charge is 0.463 e. The van der Waals surface area contributed by atoms with Crippen LogP contribution in [0.3, 0.4) is 0 Å². The maximum atomic E-state index is 12.8. The highest BCUT2D eigenvalue weighted by molar-refractivity contribution is 6.06. The molecule has 2 atom stereocenters. The molecular weight excluding hydrogens is 266 g/mol. The molecule has 1 saturated heterocycles. The number of furan rings is 1. The number of amides is 1. The second-order valence-corrected chi connectivity index (χ2v) is 5.78. The molecule has 2 aromatic rings. The van der Waals surface area contributed by atoms with Crippen LogP contribution in [0.25, 0.3) is 11.0 Å². The number of likely N-dealkylation sites (tertiary alicyclic amines) is 1. The average Bonchev–Trinajstić information content (AvgIpc) is 2.92. The minimum atomic E-state index is -0.438. The lowest BCUT2D eigenvalue weighted by Crippen LogP contribution is -2.49. The van der Waals surface area contributed by atoms with Gasteiger partial charge in [-0.05, 0) is 43.9 Å². The molecule has 4 nitrogen and oxygen atoms in total. The molecule has 2 heterocycles. The first kappa shape index (κ1) is 14.1. The van der Waals surface area contributed by atoms with Crippen LogP contribution in [0.5, 0.6) is 0 Å². The van der Waals surface area contributed by atoms with E-state index in [0.29, 0.717) is 12.1 Å². The molecule has 0 spiro atoms. The van der Waals surface area contributed by atoms with Gasteiger partial charge >= 0.3 is 0 Å². The van der Waals surface area contributed by atoms with Gasteiger partial charge in [0.25, 0.3) is 5.91 Å². The van der Waals surface area contributed by atoms with Crippen molar-refractivity contribution >= 4 is 16.9 Å². The quantitative estimate of drug-likeness (QED) is 0.924. The van der Waals surface area contributed by atoms with Gasteiger partial charge in [-0.2, -0.15) is 0 Å². The van der Waals surface area contributed by atoms with E-state index in [9.17, 15) is 9.90 Å². The summed E-state index contributed by atoms with van der Waals surface area (Å²) in [7, 11) is 0.